The summed E-state index contributed by atoms with van der Waals surface area (Å²) < 4.78 is 7.75. The normalized spacial score (nSPS) is 23.3. The molecule has 1 saturated carbocycles. The Morgan fingerprint density at radius 2 is 2.05 bits per heavy atom. The Balaban J connectivity index is 1.66. The Hall–Kier alpha value is -0.170. The highest BCUT2D eigenvalue weighted by Gasteiger charge is 2.18. The fraction of sp³-hybridized carbons (Fsp3) is 0.615. The first kappa shape index (κ1) is 15.2. The molecule has 2 rings (SSSR count). The highest BCUT2D eigenvalue weighted by molar-refractivity contribution is 9.11. The van der Waals surface area contributed by atoms with E-state index in [1.54, 1.807) is 6.20 Å². The van der Waals surface area contributed by atoms with Gasteiger partial charge in [0.25, 0.3) is 0 Å². The molecule has 1 heterocycles. The molecule has 1 fully saturated rings. The number of halogens is 2. The summed E-state index contributed by atoms with van der Waals surface area (Å²) in [5.74, 6) is 0.845. The summed E-state index contributed by atoms with van der Waals surface area (Å²) >= 11 is 6.85. The third-order valence-electron chi connectivity index (χ3n) is 3.27. The first-order chi connectivity index (χ1) is 9.15. The monoisotopic (exact) mass is 391 g/mol. The van der Waals surface area contributed by atoms with Crippen LogP contribution < -0.4 is 11.1 Å². The van der Waals surface area contributed by atoms with E-state index in [0.29, 0.717) is 18.8 Å². The molecule has 6 heteroatoms. The van der Waals surface area contributed by atoms with Gasteiger partial charge in [-0.2, -0.15) is 0 Å². The molecule has 1 aromatic heterocycles. The van der Waals surface area contributed by atoms with Crippen molar-refractivity contribution in [2.45, 2.75) is 37.8 Å². The van der Waals surface area contributed by atoms with Crippen LogP contribution in [0.4, 0.5) is 5.82 Å². The summed E-state index contributed by atoms with van der Waals surface area (Å²) in [5, 5.41) is 3.26. The van der Waals surface area contributed by atoms with Crippen LogP contribution in [0.25, 0.3) is 0 Å². The molecular weight excluding hydrogens is 374 g/mol. The molecule has 0 saturated heterocycles. The summed E-state index contributed by atoms with van der Waals surface area (Å²) in [4.78, 5) is 4.30. The largest absolute Gasteiger partial charge is 0.376 e. The van der Waals surface area contributed by atoms with Crippen LogP contribution >= 0.6 is 31.9 Å². The quantitative estimate of drug-likeness (QED) is 0.754. The number of rotatable bonds is 5. The molecular formula is C13H19Br2N3O. The number of nitrogens with zero attached hydrogens (tertiary/aromatic N) is 1. The minimum atomic E-state index is 0.376. The number of aromatic nitrogens is 1. The van der Waals surface area contributed by atoms with Gasteiger partial charge in [0.1, 0.15) is 5.82 Å². The predicted octanol–water partition coefficient (Wildman–Crippen LogP) is 3.31. The van der Waals surface area contributed by atoms with E-state index in [1.807, 2.05) is 6.07 Å². The van der Waals surface area contributed by atoms with Gasteiger partial charge in [0.05, 0.1) is 17.2 Å². The minimum absolute atomic E-state index is 0.376. The van der Waals surface area contributed by atoms with Crippen LogP contribution in [-0.4, -0.2) is 30.3 Å². The summed E-state index contributed by atoms with van der Waals surface area (Å²) in [5.41, 5.74) is 5.87. The summed E-state index contributed by atoms with van der Waals surface area (Å²) in [6.45, 7) is 1.46. The lowest BCUT2D eigenvalue weighted by Gasteiger charge is -2.26. The van der Waals surface area contributed by atoms with E-state index in [4.69, 9.17) is 10.5 Å². The smallest absolute Gasteiger partial charge is 0.140 e. The van der Waals surface area contributed by atoms with Gasteiger partial charge in [-0.05, 0) is 63.6 Å². The van der Waals surface area contributed by atoms with Crippen molar-refractivity contribution in [3.63, 3.8) is 0 Å². The van der Waals surface area contributed by atoms with Crippen LogP contribution in [0.2, 0.25) is 0 Å². The molecule has 19 heavy (non-hydrogen) atoms. The van der Waals surface area contributed by atoms with Gasteiger partial charge in [0.2, 0.25) is 0 Å². The standard InChI is InChI=1S/C13H19Br2N3O/c14-9-7-12(15)13(18-8-9)17-5-6-19-11-3-1-10(16)2-4-11/h7-8,10-11H,1-6,16H2,(H,17,18). The van der Waals surface area contributed by atoms with Gasteiger partial charge in [-0.15, -0.1) is 0 Å². The molecule has 0 aromatic carbocycles. The average molecular weight is 393 g/mol. The maximum atomic E-state index is 5.87. The molecule has 1 aliphatic rings. The topological polar surface area (TPSA) is 60.2 Å². The van der Waals surface area contributed by atoms with Crippen molar-refractivity contribution in [2.24, 2.45) is 5.73 Å². The zero-order chi connectivity index (χ0) is 13.7. The van der Waals surface area contributed by atoms with E-state index in [0.717, 1.165) is 47.0 Å². The van der Waals surface area contributed by atoms with Gasteiger partial charge in [-0.25, -0.2) is 4.98 Å². The molecule has 3 N–H and O–H groups in total. The summed E-state index contributed by atoms with van der Waals surface area (Å²) in [6.07, 6.45) is 6.48. The predicted molar refractivity (Wildman–Crippen MR) is 84.3 cm³/mol. The van der Waals surface area contributed by atoms with Crippen LogP contribution in [0.3, 0.4) is 0 Å². The van der Waals surface area contributed by atoms with E-state index >= 15 is 0 Å². The number of nitrogens with two attached hydrogens (primary N) is 1. The van der Waals surface area contributed by atoms with Gasteiger partial charge in [0.15, 0.2) is 0 Å². The minimum Gasteiger partial charge on any atom is -0.376 e. The highest BCUT2D eigenvalue weighted by atomic mass is 79.9. The number of nitrogens with one attached hydrogen (secondary N) is 1. The first-order valence-electron chi connectivity index (χ1n) is 6.57. The third kappa shape index (κ3) is 5.02. The second-order valence-corrected chi connectivity index (χ2v) is 6.59. The molecule has 0 radical (unpaired) electrons. The van der Waals surface area contributed by atoms with Crippen LogP contribution in [-0.2, 0) is 4.74 Å². The van der Waals surface area contributed by atoms with Gasteiger partial charge < -0.3 is 15.8 Å². The number of hydrogen-bond donors (Lipinski definition) is 2. The van der Waals surface area contributed by atoms with Crippen molar-refractivity contribution in [2.75, 3.05) is 18.5 Å². The molecule has 0 spiro atoms. The Morgan fingerprint density at radius 1 is 1.32 bits per heavy atom. The van der Waals surface area contributed by atoms with E-state index in [-0.39, 0.29) is 0 Å². The molecule has 0 unspecified atom stereocenters. The molecule has 0 aliphatic heterocycles. The zero-order valence-electron chi connectivity index (χ0n) is 10.7. The van der Waals surface area contributed by atoms with Crippen LogP contribution in [0.5, 0.6) is 0 Å². The maximum Gasteiger partial charge on any atom is 0.140 e. The fourth-order valence-electron chi connectivity index (χ4n) is 2.19. The SMILES string of the molecule is NC1CCC(OCCNc2ncc(Br)cc2Br)CC1. The van der Waals surface area contributed by atoms with Crippen LogP contribution in [0.1, 0.15) is 25.7 Å². The lowest BCUT2D eigenvalue weighted by Crippen LogP contribution is -2.31. The summed E-state index contributed by atoms with van der Waals surface area (Å²) in [7, 11) is 0. The second kappa shape index (κ2) is 7.57. The lowest BCUT2D eigenvalue weighted by molar-refractivity contribution is 0.0313. The third-order valence-corrected chi connectivity index (χ3v) is 4.31. The van der Waals surface area contributed by atoms with Gasteiger partial charge in [0, 0.05) is 23.3 Å². The van der Waals surface area contributed by atoms with E-state index < -0.39 is 0 Å². The molecule has 4 nitrogen and oxygen atoms in total. The van der Waals surface area contributed by atoms with Crippen molar-refractivity contribution in [3.8, 4) is 0 Å². The van der Waals surface area contributed by atoms with E-state index in [1.165, 1.54) is 0 Å². The first-order valence-corrected chi connectivity index (χ1v) is 8.16. The van der Waals surface area contributed by atoms with Crippen molar-refractivity contribution >= 4 is 37.7 Å². The van der Waals surface area contributed by atoms with Crippen molar-refractivity contribution < 1.29 is 4.74 Å². The van der Waals surface area contributed by atoms with E-state index in [2.05, 4.69) is 42.2 Å². The molecule has 106 valence electrons. The van der Waals surface area contributed by atoms with Crippen molar-refractivity contribution in [3.05, 3.63) is 21.2 Å². The maximum absolute atomic E-state index is 5.87. The van der Waals surface area contributed by atoms with Gasteiger partial charge in [-0.3, -0.25) is 0 Å². The molecule has 1 aromatic rings. The molecule has 1 aliphatic carbocycles. The van der Waals surface area contributed by atoms with Gasteiger partial charge >= 0.3 is 0 Å². The second-order valence-electron chi connectivity index (χ2n) is 4.82. The Morgan fingerprint density at radius 3 is 2.74 bits per heavy atom. The van der Waals surface area contributed by atoms with Crippen LogP contribution in [0, 0.1) is 0 Å². The molecule has 0 atom stereocenters. The van der Waals surface area contributed by atoms with E-state index in [9.17, 15) is 0 Å². The highest BCUT2D eigenvalue weighted by Crippen LogP contribution is 2.23. The number of anilines is 1. The molecule has 0 amide bonds. The van der Waals surface area contributed by atoms with Crippen molar-refractivity contribution in [1.82, 2.24) is 4.98 Å². The van der Waals surface area contributed by atoms with Gasteiger partial charge in [-0.1, -0.05) is 0 Å². The average Bonchev–Trinajstić information content (AvgIpc) is 2.39. The lowest BCUT2D eigenvalue weighted by atomic mass is 9.94. The Bertz CT molecular complexity index is 409. The Kier molecular flexibility index (Phi) is 6.06. The summed E-state index contributed by atoms with van der Waals surface area (Å²) in [6, 6.07) is 2.35. The van der Waals surface area contributed by atoms with Crippen LogP contribution in [0.15, 0.2) is 21.2 Å². The van der Waals surface area contributed by atoms with Crippen molar-refractivity contribution in [1.29, 1.82) is 0 Å². The Labute approximate surface area is 130 Å². The zero-order valence-corrected chi connectivity index (χ0v) is 13.9. The number of ether oxygens (including phenoxy) is 1. The molecule has 0 bridgehead atoms. The fourth-order valence-corrected chi connectivity index (χ4v) is 3.32. The number of hydrogen-bond acceptors (Lipinski definition) is 4. The number of pyridine rings is 1.